The molecule has 1 aliphatic heterocycles. The van der Waals surface area contributed by atoms with E-state index in [1.54, 1.807) is 12.3 Å². The third-order valence-corrected chi connectivity index (χ3v) is 3.11. The lowest BCUT2D eigenvalue weighted by atomic mass is 9.85. The van der Waals surface area contributed by atoms with Gasteiger partial charge in [0, 0.05) is 18.1 Å². The number of rotatable bonds is 2. The van der Waals surface area contributed by atoms with Gasteiger partial charge in [-0.25, -0.2) is 0 Å². The molecule has 1 aliphatic rings. The van der Waals surface area contributed by atoms with Crippen molar-refractivity contribution < 1.29 is 9.59 Å². The monoisotopic (exact) mass is 244 g/mol. The van der Waals surface area contributed by atoms with Gasteiger partial charge in [-0.3, -0.25) is 14.6 Å². The van der Waals surface area contributed by atoms with Crippen molar-refractivity contribution in [2.45, 2.75) is 32.6 Å². The highest BCUT2D eigenvalue weighted by Crippen LogP contribution is 2.30. The lowest BCUT2D eigenvalue weighted by molar-refractivity contribution is -0.138. The molecule has 0 fully saturated rings. The highest BCUT2D eigenvalue weighted by molar-refractivity contribution is 6.39. The van der Waals surface area contributed by atoms with Crippen molar-refractivity contribution >= 4 is 11.7 Å². The molecule has 0 aromatic carbocycles. The van der Waals surface area contributed by atoms with Crippen molar-refractivity contribution in [3.63, 3.8) is 0 Å². The molecule has 0 bridgehead atoms. The number of ketones is 1. The second-order valence-electron chi connectivity index (χ2n) is 4.76. The van der Waals surface area contributed by atoms with E-state index in [4.69, 9.17) is 0 Å². The first-order valence-corrected chi connectivity index (χ1v) is 5.99. The van der Waals surface area contributed by atoms with Crippen molar-refractivity contribution in [1.29, 1.82) is 0 Å². The number of Topliss-reactive ketones (excluding diaryl/α,β-unsaturated/α-hetero) is 1. The van der Waals surface area contributed by atoms with Gasteiger partial charge < -0.3 is 5.32 Å². The van der Waals surface area contributed by atoms with Crippen LogP contribution in [0.4, 0.5) is 0 Å². The van der Waals surface area contributed by atoms with E-state index in [0.717, 1.165) is 16.8 Å². The molecule has 94 valence electrons. The lowest BCUT2D eigenvalue weighted by Crippen LogP contribution is -2.35. The van der Waals surface area contributed by atoms with E-state index in [2.05, 4.69) is 10.3 Å². The summed E-state index contributed by atoms with van der Waals surface area (Å²) in [5.74, 6) is -1.27. The first-order chi connectivity index (χ1) is 8.52. The molecule has 18 heavy (non-hydrogen) atoms. The molecular formula is C14H16N2O2. The standard InChI is InChI=1S/C14H16N2O2/c1-8(2)12-11(9(3)4-6-15-12)10-5-7-16-14(18)13(10)17/h4-8,10H,1-3H3,(H,16,18). The number of carbonyl (C=O) groups is 2. The molecule has 4 nitrogen and oxygen atoms in total. The van der Waals surface area contributed by atoms with Crippen LogP contribution < -0.4 is 5.32 Å². The van der Waals surface area contributed by atoms with Crippen LogP contribution in [0, 0.1) is 6.92 Å². The van der Waals surface area contributed by atoms with E-state index >= 15 is 0 Å². The van der Waals surface area contributed by atoms with E-state index in [-0.39, 0.29) is 5.92 Å². The Kier molecular flexibility index (Phi) is 3.28. The maximum Gasteiger partial charge on any atom is 0.292 e. The Bertz CT molecular complexity index is 533. The van der Waals surface area contributed by atoms with Crippen LogP contribution in [0.25, 0.3) is 0 Å². The SMILES string of the molecule is Cc1ccnc(C(C)C)c1C1C=CNC(=O)C1=O. The topological polar surface area (TPSA) is 59.1 Å². The number of nitrogens with zero attached hydrogens (tertiary/aromatic N) is 1. The Balaban J connectivity index is 2.57. The van der Waals surface area contributed by atoms with Gasteiger partial charge >= 0.3 is 0 Å². The summed E-state index contributed by atoms with van der Waals surface area (Å²) >= 11 is 0. The second kappa shape index (κ2) is 4.72. The smallest absolute Gasteiger partial charge is 0.292 e. The largest absolute Gasteiger partial charge is 0.326 e. The van der Waals surface area contributed by atoms with Gasteiger partial charge in [0.25, 0.3) is 5.91 Å². The Morgan fingerprint density at radius 1 is 1.33 bits per heavy atom. The zero-order chi connectivity index (χ0) is 13.3. The molecule has 0 saturated carbocycles. The molecule has 2 heterocycles. The minimum atomic E-state index is -0.555. The molecule has 1 amide bonds. The average molecular weight is 244 g/mol. The summed E-state index contributed by atoms with van der Waals surface area (Å²) in [6.45, 7) is 6.00. The summed E-state index contributed by atoms with van der Waals surface area (Å²) in [6.07, 6.45) is 5.00. The maximum atomic E-state index is 12.0. The van der Waals surface area contributed by atoms with Gasteiger partial charge in [0.1, 0.15) is 0 Å². The second-order valence-corrected chi connectivity index (χ2v) is 4.76. The Labute approximate surface area is 106 Å². The lowest BCUT2D eigenvalue weighted by Gasteiger charge is -2.21. The molecular weight excluding hydrogens is 228 g/mol. The molecule has 1 aromatic rings. The van der Waals surface area contributed by atoms with Gasteiger partial charge in [-0.2, -0.15) is 0 Å². The number of carbonyl (C=O) groups excluding carboxylic acids is 2. The van der Waals surface area contributed by atoms with Crippen LogP contribution in [-0.4, -0.2) is 16.7 Å². The summed E-state index contributed by atoms with van der Waals surface area (Å²) in [5.41, 5.74) is 2.74. The average Bonchev–Trinajstić information content (AvgIpc) is 2.33. The number of aryl methyl sites for hydroxylation is 1. The zero-order valence-electron chi connectivity index (χ0n) is 10.7. The number of amides is 1. The molecule has 1 N–H and O–H groups in total. The quantitative estimate of drug-likeness (QED) is 0.807. The van der Waals surface area contributed by atoms with Gasteiger partial charge in [-0.05, 0) is 30.0 Å². The van der Waals surface area contributed by atoms with E-state index in [1.807, 2.05) is 26.8 Å². The van der Waals surface area contributed by atoms with Crippen molar-refractivity contribution in [2.24, 2.45) is 0 Å². The van der Waals surface area contributed by atoms with Crippen LogP contribution in [0.1, 0.15) is 42.5 Å². The van der Waals surface area contributed by atoms with Crippen LogP contribution in [0.15, 0.2) is 24.5 Å². The number of nitrogens with one attached hydrogen (secondary N) is 1. The van der Waals surface area contributed by atoms with E-state index < -0.39 is 17.6 Å². The normalized spacial score (nSPS) is 19.2. The van der Waals surface area contributed by atoms with E-state index in [9.17, 15) is 9.59 Å². The van der Waals surface area contributed by atoms with Gasteiger partial charge in [-0.15, -0.1) is 0 Å². The first kappa shape index (κ1) is 12.5. The molecule has 2 rings (SSSR count). The molecule has 4 heteroatoms. The highest BCUT2D eigenvalue weighted by atomic mass is 16.2. The van der Waals surface area contributed by atoms with E-state index in [1.165, 1.54) is 6.20 Å². The number of allylic oxidation sites excluding steroid dienone is 1. The fourth-order valence-electron chi connectivity index (χ4n) is 2.20. The molecule has 0 spiro atoms. The Morgan fingerprint density at radius 3 is 2.72 bits per heavy atom. The van der Waals surface area contributed by atoms with Crippen LogP contribution in [0.2, 0.25) is 0 Å². The number of pyridine rings is 1. The van der Waals surface area contributed by atoms with Crippen molar-refractivity contribution in [2.75, 3.05) is 0 Å². The third kappa shape index (κ3) is 2.06. The van der Waals surface area contributed by atoms with Crippen molar-refractivity contribution in [1.82, 2.24) is 10.3 Å². The van der Waals surface area contributed by atoms with Crippen molar-refractivity contribution in [3.05, 3.63) is 41.4 Å². The molecule has 0 radical (unpaired) electrons. The maximum absolute atomic E-state index is 12.0. The van der Waals surface area contributed by atoms with Gasteiger partial charge in [0.05, 0.1) is 5.92 Å². The number of hydrogen-bond acceptors (Lipinski definition) is 3. The molecule has 0 aliphatic carbocycles. The van der Waals surface area contributed by atoms with Gasteiger partial charge in [-0.1, -0.05) is 19.9 Å². The number of hydrogen-bond donors (Lipinski definition) is 1. The molecule has 1 atom stereocenters. The number of aromatic nitrogens is 1. The van der Waals surface area contributed by atoms with Gasteiger partial charge in [0.2, 0.25) is 5.78 Å². The minimum absolute atomic E-state index is 0.214. The zero-order valence-corrected chi connectivity index (χ0v) is 10.7. The third-order valence-electron chi connectivity index (χ3n) is 3.11. The summed E-state index contributed by atoms with van der Waals surface area (Å²) in [5, 5.41) is 2.41. The summed E-state index contributed by atoms with van der Waals surface area (Å²) in [7, 11) is 0. The van der Waals surface area contributed by atoms with Crippen molar-refractivity contribution in [3.8, 4) is 0 Å². The Hall–Kier alpha value is -1.97. The summed E-state index contributed by atoms with van der Waals surface area (Å²) in [6, 6.07) is 1.87. The van der Waals surface area contributed by atoms with Crippen LogP contribution in [0.3, 0.4) is 0 Å². The van der Waals surface area contributed by atoms with E-state index in [0.29, 0.717) is 0 Å². The molecule has 1 unspecified atom stereocenters. The fourth-order valence-corrected chi connectivity index (χ4v) is 2.20. The first-order valence-electron chi connectivity index (χ1n) is 5.99. The predicted octanol–water partition coefficient (Wildman–Crippen LogP) is 1.81. The van der Waals surface area contributed by atoms with Crippen LogP contribution in [0.5, 0.6) is 0 Å². The van der Waals surface area contributed by atoms with Crippen LogP contribution in [-0.2, 0) is 9.59 Å². The highest BCUT2D eigenvalue weighted by Gasteiger charge is 2.30. The predicted molar refractivity (Wildman–Crippen MR) is 68.1 cm³/mol. The van der Waals surface area contributed by atoms with Gasteiger partial charge in [0.15, 0.2) is 0 Å². The minimum Gasteiger partial charge on any atom is -0.326 e. The molecule has 1 aromatic heterocycles. The Morgan fingerprint density at radius 2 is 2.06 bits per heavy atom. The van der Waals surface area contributed by atoms with Crippen LogP contribution >= 0.6 is 0 Å². The molecule has 0 saturated heterocycles. The summed E-state index contributed by atoms with van der Waals surface area (Å²) < 4.78 is 0. The fraction of sp³-hybridized carbons (Fsp3) is 0.357. The summed E-state index contributed by atoms with van der Waals surface area (Å²) in [4.78, 5) is 27.8.